The quantitative estimate of drug-likeness (QED) is 0.844. The molecule has 130 valence electrons. The molecule has 0 aliphatic carbocycles. The second-order valence-corrected chi connectivity index (χ2v) is 7.83. The molecule has 1 fully saturated rings. The summed E-state index contributed by atoms with van der Waals surface area (Å²) >= 11 is 3.49. The molecule has 2 heterocycles. The molecule has 24 heavy (non-hydrogen) atoms. The van der Waals surface area contributed by atoms with E-state index in [2.05, 4.69) is 71.3 Å². The fourth-order valence-electron chi connectivity index (χ4n) is 3.43. The second kappa shape index (κ2) is 7.81. The Kier molecular flexibility index (Phi) is 5.74. The molecule has 3 rings (SSSR count). The first-order valence-corrected chi connectivity index (χ1v) is 9.54. The van der Waals surface area contributed by atoms with Crippen LogP contribution in [0.2, 0.25) is 0 Å². The predicted octanol–water partition coefficient (Wildman–Crippen LogP) is 3.68. The Balaban J connectivity index is 1.63. The van der Waals surface area contributed by atoms with Crippen LogP contribution < -0.4 is 5.32 Å². The summed E-state index contributed by atoms with van der Waals surface area (Å²) in [5, 5.41) is 8.40. The van der Waals surface area contributed by atoms with Gasteiger partial charge in [0, 0.05) is 22.3 Å². The van der Waals surface area contributed by atoms with Crippen molar-refractivity contribution in [1.29, 1.82) is 0 Å². The minimum atomic E-state index is 0.809. The molecule has 0 spiro atoms. The van der Waals surface area contributed by atoms with Crippen molar-refractivity contribution in [1.82, 2.24) is 20.0 Å². The van der Waals surface area contributed by atoms with Gasteiger partial charge in [0.1, 0.15) is 0 Å². The normalized spacial score (nSPS) is 16.7. The fraction of sp³-hybridized carbons (Fsp3) is 0.526. The van der Waals surface area contributed by atoms with Gasteiger partial charge in [0.25, 0.3) is 0 Å². The zero-order valence-electron chi connectivity index (χ0n) is 14.8. The van der Waals surface area contributed by atoms with Crippen LogP contribution in [-0.2, 0) is 6.54 Å². The van der Waals surface area contributed by atoms with Gasteiger partial charge in [0.2, 0.25) is 0 Å². The summed E-state index contributed by atoms with van der Waals surface area (Å²) < 4.78 is 3.14. The minimum absolute atomic E-state index is 0.809. The standard InChI is InChI=1S/C19H27BrN4/c1-14-19(13-21-12-16-8-10-23(3)11-9-16)15(2)24(22-14)18-6-4-17(20)5-7-18/h4-7,16,21H,8-13H2,1-3H3. The van der Waals surface area contributed by atoms with Crippen LogP contribution in [0, 0.1) is 19.8 Å². The van der Waals surface area contributed by atoms with Crippen molar-refractivity contribution in [3.63, 3.8) is 0 Å². The van der Waals surface area contributed by atoms with E-state index in [9.17, 15) is 0 Å². The summed E-state index contributed by atoms with van der Waals surface area (Å²) in [5.74, 6) is 0.809. The Morgan fingerprint density at radius 2 is 1.83 bits per heavy atom. The SMILES string of the molecule is Cc1nn(-c2ccc(Br)cc2)c(C)c1CNCC1CCN(C)CC1. The highest BCUT2D eigenvalue weighted by Crippen LogP contribution is 2.20. The number of likely N-dealkylation sites (tertiary alicyclic amines) is 1. The third-order valence-electron chi connectivity index (χ3n) is 5.09. The van der Waals surface area contributed by atoms with Crippen LogP contribution in [0.5, 0.6) is 0 Å². The summed E-state index contributed by atoms with van der Waals surface area (Å²) in [5.41, 5.74) is 4.78. The van der Waals surface area contributed by atoms with Crippen molar-refractivity contribution >= 4 is 15.9 Å². The van der Waals surface area contributed by atoms with E-state index in [1.807, 2.05) is 4.68 Å². The molecule has 1 aliphatic heterocycles. The largest absolute Gasteiger partial charge is 0.312 e. The van der Waals surface area contributed by atoms with E-state index in [1.54, 1.807) is 0 Å². The van der Waals surface area contributed by atoms with Crippen molar-refractivity contribution in [2.75, 3.05) is 26.7 Å². The lowest BCUT2D eigenvalue weighted by Crippen LogP contribution is -2.34. The highest BCUT2D eigenvalue weighted by atomic mass is 79.9. The molecule has 0 amide bonds. The third kappa shape index (κ3) is 4.08. The zero-order valence-corrected chi connectivity index (χ0v) is 16.4. The predicted molar refractivity (Wildman–Crippen MR) is 103 cm³/mol. The van der Waals surface area contributed by atoms with E-state index in [-0.39, 0.29) is 0 Å². The number of aryl methyl sites for hydroxylation is 1. The monoisotopic (exact) mass is 390 g/mol. The Morgan fingerprint density at radius 1 is 1.17 bits per heavy atom. The van der Waals surface area contributed by atoms with Gasteiger partial charge in [-0.1, -0.05) is 15.9 Å². The van der Waals surface area contributed by atoms with Crippen molar-refractivity contribution in [2.24, 2.45) is 5.92 Å². The Hall–Kier alpha value is -1.17. The number of piperidine rings is 1. The highest BCUT2D eigenvalue weighted by molar-refractivity contribution is 9.10. The topological polar surface area (TPSA) is 33.1 Å². The zero-order chi connectivity index (χ0) is 17.1. The summed E-state index contributed by atoms with van der Waals surface area (Å²) in [6, 6.07) is 8.31. The molecular weight excluding hydrogens is 364 g/mol. The maximum Gasteiger partial charge on any atom is 0.0649 e. The first-order chi connectivity index (χ1) is 11.5. The van der Waals surface area contributed by atoms with Crippen molar-refractivity contribution < 1.29 is 0 Å². The molecule has 1 aromatic heterocycles. The van der Waals surface area contributed by atoms with Crippen LogP contribution in [0.15, 0.2) is 28.7 Å². The van der Waals surface area contributed by atoms with Crippen molar-refractivity contribution in [3.05, 3.63) is 45.7 Å². The van der Waals surface area contributed by atoms with Gasteiger partial charge in [-0.05, 0) is 83.6 Å². The molecule has 4 nitrogen and oxygen atoms in total. The number of rotatable bonds is 5. The van der Waals surface area contributed by atoms with Gasteiger partial charge in [-0.2, -0.15) is 5.10 Å². The number of nitrogens with zero attached hydrogens (tertiary/aromatic N) is 3. The molecule has 2 aromatic rings. The molecule has 0 saturated carbocycles. The van der Waals surface area contributed by atoms with Gasteiger partial charge in [-0.3, -0.25) is 0 Å². The molecule has 5 heteroatoms. The molecule has 1 aromatic carbocycles. The second-order valence-electron chi connectivity index (χ2n) is 6.92. The Bertz CT molecular complexity index is 669. The van der Waals surface area contributed by atoms with Crippen LogP contribution >= 0.6 is 15.9 Å². The van der Waals surface area contributed by atoms with Crippen molar-refractivity contribution in [2.45, 2.75) is 33.2 Å². The number of hydrogen-bond donors (Lipinski definition) is 1. The summed E-state index contributed by atoms with van der Waals surface area (Å²) in [6.45, 7) is 8.73. The van der Waals surface area contributed by atoms with Gasteiger partial charge in [-0.25, -0.2) is 4.68 Å². The lowest BCUT2D eigenvalue weighted by molar-refractivity contribution is 0.216. The van der Waals surface area contributed by atoms with Gasteiger partial charge in [0.05, 0.1) is 11.4 Å². The third-order valence-corrected chi connectivity index (χ3v) is 5.61. The molecule has 1 N–H and O–H groups in total. The number of aromatic nitrogens is 2. The van der Waals surface area contributed by atoms with E-state index < -0.39 is 0 Å². The van der Waals surface area contributed by atoms with E-state index in [0.29, 0.717) is 0 Å². The van der Waals surface area contributed by atoms with Crippen LogP contribution in [0.4, 0.5) is 0 Å². The number of benzene rings is 1. The molecule has 0 atom stereocenters. The number of hydrogen-bond acceptors (Lipinski definition) is 3. The summed E-state index contributed by atoms with van der Waals surface area (Å²) in [4.78, 5) is 2.42. The van der Waals surface area contributed by atoms with Gasteiger partial charge >= 0.3 is 0 Å². The average Bonchev–Trinajstić information content (AvgIpc) is 2.85. The molecule has 0 unspecified atom stereocenters. The van der Waals surface area contributed by atoms with Crippen LogP contribution in [-0.4, -0.2) is 41.4 Å². The van der Waals surface area contributed by atoms with Crippen LogP contribution in [0.3, 0.4) is 0 Å². The Labute approximate surface area is 153 Å². The summed E-state index contributed by atoms with van der Waals surface area (Å²) in [6.07, 6.45) is 2.61. The smallest absolute Gasteiger partial charge is 0.0649 e. The van der Waals surface area contributed by atoms with E-state index in [4.69, 9.17) is 5.10 Å². The lowest BCUT2D eigenvalue weighted by Gasteiger charge is -2.29. The molecule has 0 radical (unpaired) electrons. The van der Waals surface area contributed by atoms with E-state index in [1.165, 1.54) is 37.2 Å². The average molecular weight is 391 g/mol. The minimum Gasteiger partial charge on any atom is -0.312 e. The number of halogens is 1. The van der Waals surface area contributed by atoms with E-state index in [0.717, 1.165) is 34.9 Å². The Morgan fingerprint density at radius 3 is 2.50 bits per heavy atom. The van der Waals surface area contributed by atoms with Gasteiger partial charge < -0.3 is 10.2 Å². The van der Waals surface area contributed by atoms with Crippen LogP contribution in [0.1, 0.15) is 29.8 Å². The molecule has 1 aliphatic rings. The molecular formula is C19H27BrN4. The van der Waals surface area contributed by atoms with Gasteiger partial charge in [-0.15, -0.1) is 0 Å². The maximum atomic E-state index is 4.74. The molecule has 1 saturated heterocycles. The highest BCUT2D eigenvalue weighted by Gasteiger charge is 2.17. The number of nitrogens with one attached hydrogen (secondary N) is 1. The lowest BCUT2D eigenvalue weighted by atomic mass is 9.97. The van der Waals surface area contributed by atoms with Crippen molar-refractivity contribution in [3.8, 4) is 5.69 Å². The maximum absolute atomic E-state index is 4.74. The van der Waals surface area contributed by atoms with Crippen LogP contribution in [0.25, 0.3) is 5.69 Å². The molecule has 0 bridgehead atoms. The first-order valence-electron chi connectivity index (χ1n) is 8.75. The van der Waals surface area contributed by atoms with E-state index >= 15 is 0 Å². The first kappa shape index (κ1) is 17.6. The summed E-state index contributed by atoms with van der Waals surface area (Å²) in [7, 11) is 2.22. The van der Waals surface area contributed by atoms with Gasteiger partial charge in [0.15, 0.2) is 0 Å². The fourth-order valence-corrected chi connectivity index (χ4v) is 3.70.